The van der Waals surface area contributed by atoms with E-state index in [4.69, 9.17) is 4.74 Å². The quantitative estimate of drug-likeness (QED) is 0.822. The van der Waals surface area contributed by atoms with E-state index in [1.54, 1.807) is 18.3 Å². The van der Waals surface area contributed by atoms with Crippen LogP contribution in [0.1, 0.15) is 19.3 Å². The molecule has 6 heteroatoms. The lowest BCUT2D eigenvalue weighted by atomic mass is 10.2. The Morgan fingerprint density at radius 3 is 3.09 bits per heavy atom. The summed E-state index contributed by atoms with van der Waals surface area (Å²) in [5.41, 5.74) is 0. The van der Waals surface area contributed by atoms with Crippen LogP contribution in [0.3, 0.4) is 0 Å². The molecule has 0 radical (unpaired) electrons. The van der Waals surface area contributed by atoms with Gasteiger partial charge in [0.2, 0.25) is 5.91 Å². The predicted octanol–water partition coefficient (Wildman–Crippen LogP) is 2.48. The first-order chi connectivity index (χ1) is 11.2. The monoisotopic (exact) mass is 317 g/mol. The van der Waals surface area contributed by atoms with Crippen molar-refractivity contribution in [3.63, 3.8) is 0 Å². The van der Waals surface area contributed by atoms with Crippen LogP contribution in [0.4, 0.5) is 4.39 Å². The van der Waals surface area contributed by atoms with Crippen molar-refractivity contribution in [1.82, 2.24) is 14.7 Å². The molecule has 1 saturated heterocycles. The molecule has 0 N–H and O–H groups in total. The summed E-state index contributed by atoms with van der Waals surface area (Å²) in [4.78, 5) is 14.3. The van der Waals surface area contributed by atoms with Crippen molar-refractivity contribution >= 4 is 5.91 Å². The number of benzene rings is 1. The first-order valence-electron chi connectivity index (χ1n) is 7.87. The molecule has 2 aromatic rings. The Bertz CT molecular complexity index is 645. The second kappa shape index (κ2) is 7.26. The molecule has 0 saturated carbocycles. The van der Waals surface area contributed by atoms with Crippen molar-refractivity contribution in [3.05, 3.63) is 48.5 Å². The SMILES string of the molecule is O=C(CCOc1cccc(F)c1)N1CCC[C@@H]1Cn1cccn1. The van der Waals surface area contributed by atoms with Gasteiger partial charge in [0.1, 0.15) is 11.6 Å². The average Bonchev–Trinajstić information content (AvgIpc) is 3.19. The molecule has 1 atom stereocenters. The van der Waals surface area contributed by atoms with Crippen LogP contribution in [-0.4, -0.2) is 39.8 Å². The molecule has 1 amide bonds. The van der Waals surface area contributed by atoms with Crippen molar-refractivity contribution in [2.75, 3.05) is 13.2 Å². The van der Waals surface area contributed by atoms with E-state index in [1.165, 1.54) is 12.1 Å². The molecular formula is C17H20FN3O2. The molecule has 122 valence electrons. The lowest BCUT2D eigenvalue weighted by Crippen LogP contribution is -2.38. The molecule has 3 rings (SSSR count). The molecule has 1 aromatic carbocycles. The number of aromatic nitrogens is 2. The van der Waals surface area contributed by atoms with Crippen molar-refractivity contribution in [2.45, 2.75) is 31.8 Å². The average molecular weight is 317 g/mol. The zero-order chi connectivity index (χ0) is 16.1. The van der Waals surface area contributed by atoms with Gasteiger partial charge in [-0.2, -0.15) is 5.10 Å². The fourth-order valence-electron chi connectivity index (χ4n) is 2.93. The summed E-state index contributed by atoms with van der Waals surface area (Å²) in [6, 6.07) is 8.03. The Balaban J connectivity index is 1.49. The van der Waals surface area contributed by atoms with Crippen molar-refractivity contribution in [1.29, 1.82) is 0 Å². The number of carbonyl (C=O) groups excluding carboxylic acids is 1. The molecule has 1 fully saturated rings. The van der Waals surface area contributed by atoms with Gasteiger partial charge < -0.3 is 9.64 Å². The highest BCUT2D eigenvalue weighted by Gasteiger charge is 2.28. The Morgan fingerprint density at radius 1 is 1.39 bits per heavy atom. The van der Waals surface area contributed by atoms with Gasteiger partial charge in [0.25, 0.3) is 0 Å². The third-order valence-corrected chi connectivity index (χ3v) is 4.04. The van der Waals surface area contributed by atoms with Gasteiger partial charge in [0, 0.05) is 25.0 Å². The topological polar surface area (TPSA) is 47.4 Å². The highest BCUT2D eigenvalue weighted by Crippen LogP contribution is 2.20. The molecule has 0 unspecified atom stereocenters. The van der Waals surface area contributed by atoms with E-state index in [-0.39, 0.29) is 24.4 Å². The summed E-state index contributed by atoms with van der Waals surface area (Å²) < 4.78 is 20.4. The molecule has 1 aliphatic rings. The van der Waals surface area contributed by atoms with Crippen LogP contribution in [-0.2, 0) is 11.3 Å². The van der Waals surface area contributed by atoms with E-state index in [2.05, 4.69) is 5.10 Å². The minimum absolute atomic E-state index is 0.0797. The molecule has 0 spiro atoms. The first-order valence-corrected chi connectivity index (χ1v) is 7.87. The van der Waals surface area contributed by atoms with Crippen LogP contribution >= 0.6 is 0 Å². The van der Waals surface area contributed by atoms with Gasteiger partial charge in [0.05, 0.1) is 25.6 Å². The Hall–Kier alpha value is -2.37. The fourth-order valence-corrected chi connectivity index (χ4v) is 2.93. The van der Waals surface area contributed by atoms with Gasteiger partial charge in [-0.15, -0.1) is 0 Å². The molecule has 0 bridgehead atoms. The van der Waals surface area contributed by atoms with Gasteiger partial charge in [-0.05, 0) is 31.0 Å². The molecule has 5 nitrogen and oxygen atoms in total. The first kappa shape index (κ1) is 15.5. The number of halogens is 1. The number of carbonyl (C=O) groups is 1. The van der Waals surface area contributed by atoms with Gasteiger partial charge in [0.15, 0.2) is 0 Å². The summed E-state index contributed by atoms with van der Waals surface area (Å²) in [6.45, 7) is 1.77. The van der Waals surface area contributed by atoms with Gasteiger partial charge in [-0.3, -0.25) is 9.48 Å². The molecule has 1 aliphatic heterocycles. The van der Waals surface area contributed by atoms with Crippen molar-refractivity contribution < 1.29 is 13.9 Å². The maximum atomic E-state index is 13.1. The van der Waals surface area contributed by atoms with E-state index in [9.17, 15) is 9.18 Å². The van der Waals surface area contributed by atoms with E-state index in [0.29, 0.717) is 12.2 Å². The highest BCUT2D eigenvalue weighted by atomic mass is 19.1. The number of nitrogens with zero attached hydrogens (tertiary/aromatic N) is 3. The smallest absolute Gasteiger partial charge is 0.226 e. The van der Waals surface area contributed by atoms with E-state index in [1.807, 2.05) is 21.8 Å². The summed E-state index contributed by atoms with van der Waals surface area (Å²) >= 11 is 0. The molecule has 1 aromatic heterocycles. The summed E-state index contributed by atoms with van der Waals surface area (Å²) in [6.07, 6.45) is 5.97. The zero-order valence-electron chi connectivity index (χ0n) is 12.9. The standard InChI is InChI=1S/C17H20FN3O2/c18-14-4-1-6-16(12-14)23-11-7-17(22)21-10-2-5-15(21)13-20-9-3-8-19-20/h1,3-4,6,8-9,12,15H,2,5,7,10-11,13H2/t15-/m1/s1. The third-order valence-electron chi connectivity index (χ3n) is 4.04. The van der Waals surface area contributed by atoms with Gasteiger partial charge in [-0.1, -0.05) is 6.07 Å². The highest BCUT2D eigenvalue weighted by molar-refractivity contribution is 5.77. The van der Waals surface area contributed by atoms with Crippen molar-refractivity contribution in [2.24, 2.45) is 0 Å². The summed E-state index contributed by atoms with van der Waals surface area (Å²) in [5.74, 6) is 0.191. The number of rotatable bonds is 6. The normalized spacial score (nSPS) is 17.4. The number of hydrogen-bond acceptors (Lipinski definition) is 3. The second-order valence-corrected chi connectivity index (χ2v) is 5.67. The van der Waals surface area contributed by atoms with E-state index in [0.717, 1.165) is 25.9 Å². The number of ether oxygens (including phenoxy) is 1. The Labute approximate surface area is 134 Å². The van der Waals surface area contributed by atoms with Crippen LogP contribution in [0.2, 0.25) is 0 Å². The number of hydrogen-bond donors (Lipinski definition) is 0. The lowest BCUT2D eigenvalue weighted by Gasteiger charge is -2.24. The van der Waals surface area contributed by atoms with Crippen LogP contribution in [0.15, 0.2) is 42.7 Å². The van der Waals surface area contributed by atoms with Crippen LogP contribution in [0.5, 0.6) is 5.75 Å². The Morgan fingerprint density at radius 2 is 2.30 bits per heavy atom. The fraction of sp³-hybridized carbons (Fsp3) is 0.412. The van der Waals surface area contributed by atoms with E-state index < -0.39 is 0 Å². The second-order valence-electron chi connectivity index (χ2n) is 5.67. The minimum atomic E-state index is -0.340. The maximum absolute atomic E-state index is 13.1. The lowest BCUT2D eigenvalue weighted by molar-refractivity contribution is -0.132. The third kappa shape index (κ3) is 4.09. The predicted molar refractivity (Wildman–Crippen MR) is 83.5 cm³/mol. The largest absolute Gasteiger partial charge is 0.493 e. The number of likely N-dealkylation sites (tertiary alicyclic amines) is 1. The summed E-state index contributed by atoms with van der Waals surface area (Å²) in [7, 11) is 0. The summed E-state index contributed by atoms with van der Waals surface area (Å²) in [5, 5.41) is 4.20. The van der Waals surface area contributed by atoms with E-state index >= 15 is 0 Å². The van der Waals surface area contributed by atoms with Gasteiger partial charge >= 0.3 is 0 Å². The minimum Gasteiger partial charge on any atom is -0.493 e. The van der Waals surface area contributed by atoms with Gasteiger partial charge in [-0.25, -0.2) is 4.39 Å². The van der Waals surface area contributed by atoms with Crippen LogP contribution in [0, 0.1) is 5.82 Å². The molecular weight excluding hydrogens is 297 g/mol. The molecule has 2 heterocycles. The number of amides is 1. The Kier molecular flexibility index (Phi) is 4.90. The molecule has 23 heavy (non-hydrogen) atoms. The zero-order valence-corrected chi connectivity index (χ0v) is 12.9. The van der Waals surface area contributed by atoms with Crippen molar-refractivity contribution in [3.8, 4) is 5.75 Å². The molecule has 0 aliphatic carbocycles. The van der Waals surface area contributed by atoms with Crippen LogP contribution < -0.4 is 4.74 Å². The van der Waals surface area contributed by atoms with Crippen LogP contribution in [0.25, 0.3) is 0 Å². The maximum Gasteiger partial charge on any atom is 0.226 e.